The van der Waals surface area contributed by atoms with Crippen LogP contribution in [0.15, 0.2) is 11.1 Å². The Hall–Kier alpha value is -1.64. The number of aliphatic imine (C=N–C) groups is 1. The van der Waals surface area contributed by atoms with Crippen LogP contribution in [0.25, 0.3) is 6.08 Å². The zero-order chi connectivity index (χ0) is 21.2. The van der Waals surface area contributed by atoms with E-state index in [1.807, 2.05) is 13.8 Å². The maximum absolute atomic E-state index is 6.04. The second-order valence-electron chi connectivity index (χ2n) is 8.35. The molecular formula is C25H43N3. The number of anilines is 1. The van der Waals surface area contributed by atoms with Crippen molar-refractivity contribution in [1.29, 1.82) is 0 Å². The summed E-state index contributed by atoms with van der Waals surface area (Å²) in [7, 11) is 0. The van der Waals surface area contributed by atoms with Gasteiger partial charge in [0.25, 0.3) is 0 Å². The molecule has 2 heterocycles. The number of hydrogen-bond acceptors (Lipinski definition) is 3. The average Bonchev–Trinajstić information content (AvgIpc) is 3.14. The Labute approximate surface area is 173 Å². The lowest BCUT2D eigenvalue weighted by molar-refractivity contribution is 0.319. The zero-order valence-corrected chi connectivity index (χ0v) is 19.5. The Morgan fingerprint density at radius 2 is 1.82 bits per heavy atom. The largest absolute Gasteiger partial charge is 0.382 e. The van der Waals surface area contributed by atoms with Gasteiger partial charge >= 0.3 is 0 Å². The van der Waals surface area contributed by atoms with E-state index in [-0.39, 0.29) is 0 Å². The van der Waals surface area contributed by atoms with Gasteiger partial charge < -0.3 is 5.73 Å². The van der Waals surface area contributed by atoms with Gasteiger partial charge in [-0.25, -0.2) is 4.98 Å². The van der Waals surface area contributed by atoms with Crippen molar-refractivity contribution < 1.29 is 0 Å². The van der Waals surface area contributed by atoms with E-state index in [2.05, 4.69) is 51.8 Å². The molecule has 0 atom stereocenters. The minimum Gasteiger partial charge on any atom is -0.382 e. The molecule has 0 amide bonds. The summed E-state index contributed by atoms with van der Waals surface area (Å²) in [6.07, 6.45) is 15.0. The molecule has 1 aliphatic heterocycles. The molecule has 1 aromatic heterocycles. The Morgan fingerprint density at radius 3 is 2.39 bits per heavy atom. The second-order valence-corrected chi connectivity index (χ2v) is 8.35. The van der Waals surface area contributed by atoms with E-state index in [9.17, 15) is 0 Å². The Bertz CT molecular complexity index is 669. The normalized spacial score (nSPS) is 14.2. The third-order valence-electron chi connectivity index (χ3n) is 5.61. The van der Waals surface area contributed by atoms with Gasteiger partial charge in [-0.1, -0.05) is 79.9 Å². The first-order valence-corrected chi connectivity index (χ1v) is 11.5. The summed E-state index contributed by atoms with van der Waals surface area (Å²) in [5, 5.41) is 0. The number of aromatic nitrogens is 1. The highest BCUT2D eigenvalue weighted by molar-refractivity contribution is 5.97. The van der Waals surface area contributed by atoms with Crippen molar-refractivity contribution in [2.45, 2.75) is 106 Å². The number of aryl methyl sites for hydroxylation is 1. The molecule has 3 rings (SSSR count). The van der Waals surface area contributed by atoms with E-state index in [0.29, 0.717) is 11.2 Å². The third-order valence-corrected chi connectivity index (χ3v) is 5.61. The van der Waals surface area contributed by atoms with Crippen molar-refractivity contribution >= 4 is 23.3 Å². The van der Waals surface area contributed by atoms with Crippen LogP contribution in [0.2, 0.25) is 0 Å². The van der Waals surface area contributed by atoms with Crippen molar-refractivity contribution in [3.05, 3.63) is 22.9 Å². The molecular weight excluding hydrogens is 342 g/mol. The zero-order valence-electron chi connectivity index (χ0n) is 19.5. The molecule has 0 aromatic carbocycles. The molecule has 1 aromatic rings. The quantitative estimate of drug-likeness (QED) is 0.545. The number of allylic oxidation sites excluding steroid dienone is 1. The lowest BCUT2D eigenvalue weighted by Crippen LogP contribution is -2.07. The van der Waals surface area contributed by atoms with Gasteiger partial charge in [-0.15, -0.1) is 0 Å². The van der Waals surface area contributed by atoms with Gasteiger partial charge in [0.15, 0.2) is 0 Å². The molecule has 0 fully saturated rings. The number of unbranched alkanes of at least 4 members (excludes halogenated alkanes) is 1. The molecule has 3 nitrogen and oxygen atoms in total. The van der Waals surface area contributed by atoms with Gasteiger partial charge in [0.1, 0.15) is 11.5 Å². The molecule has 0 spiro atoms. The van der Waals surface area contributed by atoms with E-state index in [0.717, 1.165) is 37.1 Å². The average molecular weight is 386 g/mol. The molecule has 0 saturated heterocycles. The molecule has 28 heavy (non-hydrogen) atoms. The van der Waals surface area contributed by atoms with Gasteiger partial charge in [0.2, 0.25) is 0 Å². The number of fused-ring (bicyclic) bond motifs is 3. The van der Waals surface area contributed by atoms with Crippen LogP contribution in [0.3, 0.4) is 0 Å². The number of nitrogens with two attached hydrogens (primary N) is 1. The Morgan fingerprint density at radius 1 is 1.11 bits per heavy atom. The number of hydrogen-bond donors (Lipinski definition) is 1. The molecule has 158 valence electrons. The fourth-order valence-electron chi connectivity index (χ4n) is 3.61. The number of pyridine rings is 1. The van der Waals surface area contributed by atoms with E-state index >= 15 is 0 Å². The van der Waals surface area contributed by atoms with E-state index in [1.54, 1.807) is 0 Å². The summed E-state index contributed by atoms with van der Waals surface area (Å²) in [5.74, 6) is 0.616. The fourth-order valence-corrected chi connectivity index (χ4v) is 3.61. The van der Waals surface area contributed by atoms with Crippen LogP contribution in [-0.4, -0.2) is 10.7 Å². The predicted octanol–water partition coefficient (Wildman–Crippen LogP) is 7.69. The van der Waals surface area contributed by atoms with Crippen LogP contribution in [0.4, 0.5) is 11.5 Å². The third kappa shape index (κ3) is 6.76. The van der Waals surface area contributed by atoms with Crippen LogP contribution in [-0.2, 0) is 12.8 Å². The minimum atomic E-state index is 0.592. The standard InChI is InChI=1S/C15H19N3.C8H18.C2H6/c1-2-3-6-10-9-12-11-7-4-5-8-13(11)18-15(16)14(12)17-10;1-5-7-8(3,4)6-2;1-2/h4,7H,2-3,5-6,8-9H2,1H3,(H2,16,18);5-7H2,1-4H3;1-2H3. The minimum absolute atomic E-state index is 0.592. The van der Waals surface area contributed by atoms with Crippen molar-refractivity contribution in [2.75, 3.05) is 5.73 Å². The lowest BCUT2D eigenvalue weighted by atomic mass is 9.86. The van der Waals surface area contributed by atoms with Crippen LogP contribution in [0, 0.1) is 5.41 Å². The Kier molecular flexibility index (Phi) is 10.5. The summed E-state index contributed by atoms with van der Waals surface area (Å²) in [4.78, 5) is 9.21. The first kappa shape index (κ1) is 24.4. The summed E-state index contributed by atoms with van der Waals surface area (Å²) in [6.45, 7) is 15.4. The maximum atomic E-state index is 6.04. The highest BCUT2D eigenvalue weighted by atomic mass is 14.9. The highest BCUT2D eigenvalue weighted by Gasteiger charge is 2.23. The van der Waals surface area contributed by atoms with Crippen LogP contribution in [0.1, 0.15) is 110 Å². The summed E-state index contributed by atoms with van der Waals surface area (Å²) in [6, 6.07) is 0. The van der Waals surface area contributed by atoms with Crippen molar-refractivity contribution in [3.8, 4) is 0 Å². The second kappa shape index (κ2) is 12.0. The Balaban J connectivity index is 0.000000334. The van der Waals surface area contributed by atoms with Crippen molar-refractivity contribution in [2.24, 2.45) is 10.4 Å². The first-order chi connectivity index (χ1) is 13.4. The molecule has 0 radical (unpaired) electrons. The molecule has 2 N–H and O–H groups in total. The van der Waals surface area contributed by atoms with Crippen LogP contribution >= 0.6 is 0 Å². The monoisotopic (exact) mass is 385 g/mol. The van der Waals surface area contributed by atoms with Crippen LogP contribution < -0.4 is 5.73 Å². The lowest BCUT2D eigenvalue weighted by Gasteiger charge is -2.20. The topological polar surface area (TPSA) is 51.3 Å². The van der Waals surface area contributed by atoms with Gasteiger partial charge in [-0.3, -0.25) is 4.99 Å². The van der Waals surface area contributed by atoms with E-state index < -0.39 is 0 Å². The van der Waals surface area contributed by atoms with E-state index in [4.69, 9.17) is 10.7 Å². The summed E-state index contributed by atoms with van der Waals surface area (Å²) in [5.41, 5.74) is 12.6. The predicted molar refractivity (Wildman–Crippen MR) is 127 cm³/mol. The van der Waals surface area contributed by atoms with Gasteiger partial charge in [-0.05, 0) is 43.1 Å². The fraction of sp³-hybridized carbons (Fsp3) is 0.680. The van der Waals surface area contributed by atoms with Crippen LogP contribution in [0.5, 0.6) is 0 Å². The SMILES string of the molecule is CC.CCCC(C)(C)CC.CCCCC1=Nc2c(N)nc3c(c2C1)C=CCC3. The maximum Gasteiger partial charge on any atom is 0.149 e. The highest BCUT2D eigenvalue weighted by Crippen LogP contribution is 2.38. The number of nitrogen functional groups attached to an aromatic ring is 1. The van der Waals surface area contributed by atoms with Gasteiger partial charge in [-0.2, -0.15) is 0 Å². The van der Waals surface area contributed by atoms with Gasteiger partial charge in [0.05, 0.1) is 5.69 Å². The van der Waals surface area contributed by atoms with Crippen molar-refractivity contribution in [3.63, 3.8) is 0 Å². The molecule has 2 aliphatic rings. The molecule has 0 unspecified atom stereocenters. The molecule has 0 saturated carbocycles. The number of rotatable bonds is 6. The first-order valence-electron chi connectivity index (χ1n) is 11.5. The van der Waals surface area contributed by atoms with Gasteiger partial charge in [0, 0.05) is 17.7 Å². The molecule has 3 heteroatoms. The summed E-state index contributed by atoms with van der Waals surface area (Å²) >= 11 is 0. The molecule has 0 bridgehead atoms. The smallest absolute Gasteiger partial charge is 0.149 e. The summed E-state index contributed by atoms with van der Waals surface area (Å²) < 4.78 is 0. The molecule has 1 aliphatic carbocycles. The van der Waals surface area contributed by atoms with E-state index in [1.165, 1.54) is 48.9 Å². The number of nitrogens with zero attached hydrogens (tertiary/aromatic N) is 2. The van der Waals surface area contributed by atoms with Crippen molar-refractivity contribution in [1.82, 2.24) is 4.98 Å².